The first-order chi connectivity index (χ1) is 20.7. The first kappa shape index (κ1) is 40.8. The Kier molecular flexibility index (Phi) is 14.7. The Morgan fingerprint density at radius 2 is 1.26 bits per heavy atom. The molecule has 2 aromatic rings. The monoisotopic (exact) mass is 679 g/mol. The molecule has 0 aromatic heterocycles. The zero-order chi connectivity index (χ0) is 34.3. The van der Waals surface area contributed by atoms with E-state index in [1.54, 1.807) is 0 Å². The number of phenolic OH excluding ortho intramolecular Hbond substituents is 2. The topological polar surface area (TPSA) is 145 Å². The van der Waals surface area contributed by atoms with Gasteiger partial charge in [0.15, 0.2) is 0 Å². The summed E-state index contributed by atoms with van der Waals surface area (Å²) < 4.78 is 0. The fourth-order valence-electron chi connectivity index (χ4n) is 6.15. The number of carbonyl (C=O) groups is 2. The van der Waals surface area contributed by atoms with E-state index in [4.69, 9.17) is 29.8 Å². The van der Waals surface area contributed by atoms with Gasteiger partial charge in [-0.15, -0.1) is 0 Å². The van der Waals surface area contributed by atoms with E-state index in [9.17, 15) is 10.2 Å². The Balaban J connectivity index is 0.00000106. The van der Waals surface area contributed by atoms with Crippen molar-refractivity contribution in [2.45, 2.75) is 130 Å². The van der Waals surface area contributed by atoms with Crippen LogP contribution in [0.3, 0.4) is 0 Å². The molecule has 1 radical (unpaired) electrons. The molecule has 9 heteroatoms. The first-order valence-electron chi connectivity index (χ1n) is 15.9. The average molecular weight is 680 g/mol. The number of aliphatic imine (C=N–C) groups is 2. The maximum absolute atomic E-state index is 11.1. The van der Waals surface area contributed by atoms with Gasteiger partial charge in [-0.2, -0.15) is 0 Å². The number of aliphatic carboxylic acids is 2. The number of fused-ring (bicyclic) bond motifs is 2. The normalized spacial score (nSPS) is 20.5. The third-order valence-corrected chi connectivity index (χ3v) is 8.49. The molecule has 4 rings (SSSR count). The standard InChI is InChI=1S/C33H46N2O2.2C2H4O2.Co/c1-9-21-13-24(29(36)26(15-21)31(3,4)5)19-34-28-17-23-11-12-33(28,18-23)35-20-25-14-22(10-2)16-27(30(25)37)32(6,7)8;2*1-2(3)4;/h13-16,19-20,23,28,36-37H,9-12,17-18H2,1-8H3;2*1H3,(H,3,4);/q;;;+2/p-2. The summed E-state index contributed by atoms with van der Waals surface area (Å²) in [5.74, 6) is -0.848. The van der Waals surface area contributed by atoms with Gasteiger partial charge in [-0.25, -0.2) is 0 Å². The molecule has 2 aliphatic carbocycles. The number of carbonyl (C=O) groups excluding carboxylic acids is 2. The van der Waals surface area contributed by atoms with Gasteiger partial charge in [0.1, 0.15) is 11.5 Å². The van der Waals surface area contributed by atoms with Crippen LogP contribution in [0, 0.1) is 5.92 Å². The SMILES string of the molecule is CC(=O)[O-].CC(=O)[O-].CCc1cc(C=NC2CC3CCC2(N=Cc2cc(CC)cc(C(C)(C)C)c2O)C3)c(O)c(C(C)(C)C)c1.[Co+2]. The Morgan fingerprint density at radius 3 is 1.63 bits per heavy atom. The third kappa shape index (κ3) is 11.0. The van der Waals surface area contributed by atoms with E-state index in [0.717, 1.165) is 68.2 Å². The van der Waals surface area contributed by atoms with Crippen LogP contribution < -0.4 is 10.2 Å². The summed E-state index contributed by atoms with van der Waals surface area (Å²) in [7, 11) is 0. The van der Waals surface area contributed by atoms with Crippen LogP contribution in [0.5, 0.6) is 11.5 Å². The zero-order valence-corrected chi connectivity index (χ0v) is 30.2. The van der Waals surface area contributed by atoms with E-state index >= 15 is 0 Å². The van der Waals surface area contributed by atoms with Crippen molar-refractivity contribution in [3.63, 3.8) is 0 Å². The summed E-state index contributed by atoms with van der Waals surface area (Å²) in [5, 5.41) is 40.0. The number of benzene rings is 2. The summed E-state index contributed by atoms with van der Waals surface area (Å²) in [6.45, 7) is 19.1. The molecule has 255 valence electrons. The number of phenols is 2. The molecular formula is C37H52CoN2O6. The quantitative estimate of drug-likeness (QED) is 0.403. The fourth-order valence-corrected chi connectivity index (χ4v) is 6.15. The van der Waals surface area contributed by atoms with Crippen LogP contribution >= 0.6 is 0 Å². The predicted molar refractivity (Wildman–Crippen MR) is 177 cm³/mol. The number of aryl methyl sites for hydroxylation is 2. The molecule has 3 unspecified atom stereocenters. The molecule has 8 nitrogen and oxygen atoms in total. The summed E-state index contributed by atoms with van der Waals surface area (Å²) in [5.41, 5.74) is 5.45. The summed E-state index contributed by atoms with van der Waals surface area (Å²) in [4.78, 5) is 28.0. The van der Waals surface area contributed by atoms with Crippen molar-refractivity contribution in [2.75, 3.05) is 0 Å². The minimum absolute atomic E-state index is 0. The zero-order valence-electron chi connectivity index (χ0n) is 29.1. The van der Waals surface area contributed by atoms with Gasteiger partial charge >= 0.3 is 16.8 Å². The van der Waals surface area contributed by atoms with E-state index in [1.807, 2.05) is 12.4 Å². The van der Waals surface area contributed by atoms with E-state index in [0.29, 0.717) is 17.4 Å². The van der Waals surface area contributed by atoms with Gasteiger partial charge in [0.25, 0.3) is 0 Å². The van der Waals surface area contributed by atoms with E-state index in [1.165, 1.54) is 17.5 Å². The number of carboxylic acid groups (broad SMARTS) is 2. The smallest absolute Gasteiger partial charge is 0.550 e. The van der Waals surface area contributed by atoms with Crippen LogP contribution in [0.15, 0.2) is 34.3 Å². The second-order valence-corrected chi connectivity index (χ2v) is 14.4. The number of rotatable bonds is 6. The predicted octanol–water partition coefficient (Wildman–Crippen LogP) is 5.18. The molecule has 0 heterocycles. The van der Waals surface area contributed by atoms with Gasteiger partial charge in [0.05, 0.1) is 11.6 Å². The van der Waals surface area contributed by atoms with Crippen LogP contribution in [-0.2, 0) is 50.0 Å². The molecule has 0 amide bonds. The van der Waals surface area contributed by atoms with Crippen molar-refractivity contribution < 1.29 is 46.8 Å². The molecule has 2 bridgehead atoms. The Bertz CT molecular complexity index is 1400. The molecule has 2 N–H and O–H groups in total. The van der Waals surface area contributed by atoms with Crippen LogP contribution in [0.1, 0.15) is 128 Å². The molecule has 0 aliphatic heterocycles. The van der Waals surface area contributed by atoms with Crippen LogP contribution in [0.4, 0.5) is 0 Å². The molecule has 0 saturated heterocycles. The molecule has 3 atom stereocenters. The second-order valence-electron chi connectivity index (χ2n) is 14.4. The van der Waals surface area contributed by atoms with Crippen LogP contribution in [-0.4, -0.2) is 46.2 Å². The maximum atomic E-state index is 11.1. The van der Waals surface area contributed by atoms with Crippen molar-refractivity contribution in [3.05, 3.63) is 57.6 Å². The first-order valence-corrected chi connectivity index (χ1v) is 15.9. The number of hydrogen-bond donors (Lipinski definition) is 2. The molecular weight excluding hydrogens is 627 g/mol. The largest absolute Gasteiger partial charge is 2.00 e. The summed E-state index contributed by atoms with van der Waals surface area (Å²) >= 11 is 0. The van der Waals surface area contributed by atoms with Crippen molar-refractivity contribution >= 4 is 24.4 Å². The number of nitrogens with zero attached hydrogens (tertiary/aromatic N) is 2. The number of carboxylic acids is 2. The van der Waals surface area contributed by atoms with E-state index in [-0.39, 0.29) is 39.2 Å². The Labute approximate surface area is 285 Å². The molecule has 46 heavy (non-hydrogen) atoms. The van der Waals surface area contributed by atoms with Crippen molar-refractivity contribution in [1.29, 1.82) is 0 Å². The summed E-state index contributed by atoms with van der Waals surface area (Å²) in [6, 6.07) is 8.48. The molecule has 2 aromatic carbocycles. The van der Waals surface area contributed by atoms with Gasteiger partial charge < -0.3 is 30.0 Å². The van der Waals surface area contributed by atoms with Crippen molar-refractivity contribution in [1.82, 2.24) is 0 Å². The molecule has 2 aliphatic rings. The minimum atomic E-state index is -1.08. The Morgan fingerprint density at radius 1 is 0.848 bits per heavy atom. The van der Waals surface area contributed by atoms with E-state index in [2.05, 4.69) is 79.7 Å². The number of aromatic hydroxyl groups is 2. The van der Waals surface area contributed by atoms with Gasteiger partial charge in [-0.1, -0.05) is 67.5 Å². The molecule has 0 spiro atoms. The van der Waals surface area contributed by atoms with Gasteiger partial charge in [0, 0.05) is 46.6 Å². The molecule has 2 fully saturated rings. The van der Waals surface area contributed by atoms with E-state index < -0.39 is 11.9 Å². The number of hydrogen-bond acceptors (Lipinski definition) is 8. The van der Waals surface area contributed by atoms with Gasteiger partial charge in [-0.05, 0) is 92.4 Å². The minimum Gasteiger partial charge on any atom is -0.550 e. The maximum Gasteiger partial charge on any atom is 2.00 e. The second kappa shape index (κ2) is 16.6. The van der Waals surface area contributed by atoms with Crippen molar-refractivity contribution in [2.24, 2.45) is 15.9 Å². The Hall–Kier alpha value is -3.17. The third-order valence-electron chi connectivity index (χ3n) is 8.49. The summed E-state index contributed by atoms with van der Waals surface area (Å²) in [6.07, 6.45) is 9.91. The average Bonchev–Trinajstić information content (AvgIpc) is 3.48. The van der Waals surface area contributed by atoms with Crippen LogP contribution in [0.2, 0.25) is 0 Å². The van der Waals surface area contributed by atoms with Crippen molar-refractivity contribution in [3.8, 4) is 11.5 Å². The van der Waals surface area contributed by atoms with Gasteiger partial charge in [0.2, 0.25) is 0 Å². The van der Waals surface area contributed by atoms with Crippen LogP contribution in [0.25, 0.3) is 0 Å². The fraction of sp³-hybridized carbons (Fsp3) is 0.568. The molecule has 2 saturated carbocycles. The van der Waals surface area contributed by atoms with Gasteiger partial charge in [-0.3, -0.25) is 9.98 Å².